The third-order valence-electron chi connectivity index (χ3n) is 6.45. The molecule has 0 fully saturated rings. The number of carbonyl (C=O) groups is 2. The van der Waals surface area contributed by atoms with Gasteiger partial charge in [0.05, 0.1) is 6.54 Å². The van der Waals surface area contributed by atoms with Crippen LogP contribution in [0.25, 0.3) is 0 Å². The second-order valence-electron chi connectivity index (χ2n) is 9.44. The summed E-state index contributed by atoms with van der Waals surface area (Å²) in [5.41, 5.74) is 3.97. The van der Waals surface area contributed by atoms with Crippen molar-refractivity contribution in [2.45, 2.75) is 46.2 Å². The molecule has 3 rings (SSSR count). The standard InChI is InChI=1S/C30H39BrN4O3/c1-4-5-17-34(22-27-11-8-18-33(27)21-25-13-15-26(31)16-14-25)29(36)23-35(19-9-20-38-3)30(37)32-28-12-7-6-10-24(28)2/h6-8,10-16,18H,4-5,9,17,19-23H2,1-3H3,(H,32,37). The summed E-state index contributed by atoms with van der Waals surface area (Å²) >= 11 is 3.49. The van der Waals surface area contributed by atoms with E-state index in [1.807, 2.05) is 60.5 Å². The number of aryl methyl sites for hydroxylation is 1. The van der Waals surface area contributed by atoms with E-state index in [9.17, 15) is 9.59 Å². The molecule has 7 nitrogen and oxygen atoms in total. The number of rotatable bonds is 14. The predicted octanol–water partition coefficient (Wildman–Crippen LogP) is 6.31. The molecule has 1 N–H and O–H groups in total. The van der Waals surface area contributed by atoms with Gasteiger partial charge in [-0.1, -0.05) is 59.6 Å². The number of para-hydroxylation sites is 1. The molecule has 2 aromatic carbocycles. The summed E-state index contributed by atoms with van der Waals surface area (Å²) in [5, 5.41) is 2.98. The van der Waals surface area contributed by atoms with E-state index in [0.717, 1.165) is 40.8 Å². The molecule has 0 aliphatic heterocycles. The molecule has 0 saturated heterocycles. The number of ether oxygens (including phenoxy) is 1. The van der Waals surface area contributed by atoms with Crippen molar-refractivity contribution in [2.75, 3.05) is 38.7 Å². The molecule has 0 atom stereocenters. The zero-order valence-electron chi connectivity index (χ0n) is 22.7. The van der Waals surface area contributed by atoms with Crippen molar-refractivity contribution in [1.82, 2.24) is 14.4 Å². The van der Waals surface area contributed by atoms with Crippen LogP contribution < -0.4 is 5.32 Å². The predicted molar refractivity (Wildman–Crippen MR) is 156 cm³/mol. The Morgan fingerprint density at radius 2 is 1.71 bits per heavy atom. The second kappa shape index (κ2) is 15.3. The van der Waals surface area contributed by atoms with E-state index in [2.05, 4.69) is 50.9 Å². The van der Waals surface area contributed by atoms with Gasteiger partial charge in [0, 0.05) is 55.4 Å². The van der Waals surface area contributed by atoms with E-state index in [-0.39, 0.29) is 18.5 Å². The van der Waals surface area contributed by atoms with E-state index in [0.29, 0.717) is 32.7 Å². The van der Waals surface area contributed by atoms with Crippen LogP contribution in [0.1, 0.15) is 43.0 Å². The number of hydrogen-bond donors (Lipinski definition) is 1. The highest BCUT2D eigenvalue weighted by Gasteiger charge is 2.22. The molecule has 0 saturated carbocycles. The van der Waals surface area contributed by atoms with E-state index in [1.165, 1.54) is 5.56 Å². The van der Waals surface area contributed by atoms with Gasteiger partial charge in [0.1, 0.15) is 6.54 Å². The Morgan fingerprint density at radius 3 is 2.42 bits per heavy atom. The summed E-state index contributed by atoms with van der Waals surface area (Å²) < 4.78 is 8.42. The van der Waals surface area contributed by atoms with Gasteiger partial charge in [-0.25, -0.2) is 4.79 Å². The van der Waals surface area contributed by atoms with Gasteiger partial charge in [0.15, 0.2) is 0 Å². The van der Waals surface area contributed by atoms with E-state index in [1.54, 1.807) is 12.0 Å². The number of methoxy groups -OCH3 is 1. The number of aromatic nitrogens is 1. The Bertz CT molecular complexity index is 1160. The maximum absolute atomic E-state index is 13.6. The molecular weight excluding hydrogens is 544 g/mol. The molecule has 0 aliphatic rings. The van der Waals surface area contributed by atoms with E-state index >= 15 is 0 Å². The molecule has 0 radical (unpaired) electrons. The molecule has 0 unspecified atom stereocenters. The minimum Gasteiger partial charge on any atom is -0.385 e. The highest BCUT2D eigenvalue weighted by molar-refractivity contribution is 9.10. The van der Waals surface area contributed by atoms with Gasteiger partial charge in [-0.15, -0.1) is 0 Å². The summed E-state index contributed by atoms with van der Waals surface area (Å²) in [7, 11) is 1.64. The number of halogens is 1. The number of hydrogen-bond acceptors (Lipinski definition) is 3. The van der Waals surface area contributed by atoms with Gasteiger partial charge in [-0.2, -0.15) is 0 Å². The average Bonchev–Trinajstić information content (AvgIpc) is 3.34. The van der Waals surface area contributed by atoms with Crippen molar-refractivity contribution in [1.29, 1.82) is 0 Å². The van der Waals surface area contributed by atoms with Crippen LogP contribution in [0.2, 0.25) is 0 Å². The van der Waals surface area contributed by atoms with Crippen LogP contribution in [0, 0.1) is 6.92 Å². The lowest BCUT2D eigenvalue weighted by Crippen LogP contribution is -2.45. The topological polar surface area (TPSA) is 66.8 Å². The zero-order valence-corrected chi connectivity index (χ0v) is 24.2. The van der Waals surface area contributed by atoms with Gasteiger partial charge in [-0.05, 0) is 61.2 Å². The molecule has 0 bridgehead atoms. The van der Waals surface area contributed by atoms with Crippen LogP contribution in [0.4, 0.5) is 10.5 Å². The number of benzene rings is 2. The number of amides is 3. The fourth-order valence-electron chi connectivity index (χ4n) is 4.19. The van der Waals surface area contributed by atoms with Crippen LogP contribution in [0.5, 0.6) is 0 Å². The summed E-state index contributed by atoms with van der Waals surface area (Å²) in [6.07, 6.45) is 4.58. The molecular formula is C30H39BrN4O3. The number of carbonyl (C=O) groups excluding carboxylic acids is 2. The Morgan fingerprint density at radius 1 is 0.974 bits per heavy atom. The third-order valence-corrected chi connectivity index (χ3v) is 6.98. The Hall–Kier alpha value is -3.10. The van der Waals surface area contributed by atoms with Gasteiger partial charge in [0.25, 0.3) is 0 Å². The monoisotopic (exact) mass is 582 g/mol. The number of urea groups is 1. The average molecular weight is 584 g/mol. The smallest absolute Gasteiger partial charge is 0.322 e. The first-order chi connectivity index (χ1) is 18.4. The normalized spacial score (nSPS) is 10.8. The van der Waals surface area contributed by atoms with Crippen molar-refractivity contribution < 1.29 is 14.3 Å². The van der Waals surface area contributed by atoms with Crippen LogP contribution in [0.3, 0.4) is 0 Å². The highest BCUT2D eigenvalue weighted by atomic mass is 79.9. The van der Waals surface area contributed by atoms with Crippen molar-refractivity contribution in [3.63, 3.8) is 0 Å². The number of nitrogens with one attached hydrogen (secondary N) is 1. The largest absolute Gasteiger partial charge is 0.385 e. The minimum absolute atomic E-state index is 0.0125. The second-order valence-corrected chi connectivity index (χ2v) is 10.4. The van der Waals surface area contributed by atoms with E-state index < -0.39 is 0 Å². The van der Waals surface area contributed by atoms with Crippen LogP contribution in [-0.2, 0) is 22.6 Å². The maximum Gasteiger partial charge on any atom is 0.322 e. The lowest BCUT2D eigenvalue weighted by Gasteiger charge is -2.28. The Balaban J connectivity index is 1.73. The van der Waals surface area contributed by atoms with Crippen LogP contribution >= 0.6 is 15.9 Å². The quantitative estimate of drug-likeness (QED) is 0.227. The SMILES string of the molecule is CCCCN(Cc1cccn1Cc1ccc(Br)cc1)C(=O)CN(CCCOC)C(=O)Nc1ccccc1C. The zero-order chi connectivity index (χ0) is 27.3. The fourth-order valence-corrected chi connectivity index (χ4v) is 4.46. The summed E-state index contributed by atoms with van der Waals surface area (Å²) in [6, 6.07) is 19.7. The first kappa shape index (κ1) is 29.5. The molecule has 0 aliphatic carbocycles. The lowest BCUT2D eigenvalue weighted by molar-refractivity contribution is -0.132. The molecule has 0 spiro atoms. The molecule has 38 heavy (non-hydrogen) atoms. The van der Waals surface area contributed by atoms with Gasteiger partial charge in [-0.3, -0.25) is 4.79 Å². The first-order valence-electron chi connectivity index (χ1n) is 13.2. The van der Waals surface area contributed by atoms with Crippen molar-refractivity contribution in [2.24, 2.45) is 0 Å². The van der Waals surface area contributed by atoms with Gasteiger partial charge >= 0.3 is 6.03 Å². The maximum atomic E-state index is 13.6. The molecule has 8 heteroatoms. The number of anilines is 1. The lowest BCUT2D eigenvalue weighted by atomic mass is 10.2. The van der Waals surface area contributed by atoms with E-state index in [4.69, 9.17) is 4.74 Å². The highest BCUT2D eigenvalue weighted by Crippen LogP contribution is 2.16. The molecule has 3 aromatic rings. The van der Waals surface area contributed by atoms with Crippen molar-refractivity contribution >= 4 is 33.6 Å². The molecule has 1 aromatic heterocycles. The third kappa shape index (κ3) is 9.03. The molecule has 204 valence electrons. The summed E-state index contributed by atoms with van der Waals surface area (Å²) in [5.74, 6) is -0.0628. The van der Waals surface area contributed by atoms with Crippen molar-refractivity contribution in [3.8, 4) is 0 Å². The van der Waals surface area contributed by atoms with Gasteiger partial charge in [0.2, 0.25) is 5.91 Å². The van der Waals surface area contributed by atoms with Crippen LogP contribution in [-0.4, -0.2) is 59.7 Å². The number of nitrogens with zero attached hydrogens (tertiary/aromatic N) is 3. The van der Waals surface area contributed by atoms with Crippen molar-refractivity contribution in [3.05, 3.63) is 88.2 Å². The fraction of sp³-hybridized carbons (Fsp3) is 0.400. The first-order valence-corrected chi connectivity index (χ1v) is 14.0. The summed E-state index contributed by atoms with van der Waals surface area (Å²) in [6.45, 7) is 6.89. The molecule has 1 heterocycles. The summed E-state index contributed by atoms with van der Waals surface area (Å²) in [4.78, 5) is 30.3. The molecule has 3 amide bonds. The van der Waals surface area contributed by atoms with Crippen LogP contribution in [0.15, 0.2) is 71.3 Å². The Labute approximate surface area is 234 Å². The number of unbranched alkanes of at least 4 members (excludes halogenated alkanes) is 1. The van der Waals surface area contributed by atoms with Gasteiger partial charge < -0.3 is 24.4 Å². The Kier molecular flexibility index (Phi) is 11.9. The minimum atomic E-state index is -0.280.